The average Bonchev–Trinajstić information content (AvgIpc) is 3.12. The smallest absolute Gasteiger partial charge is 0.433 e. The Bertz CT molecular complexity index is 1090. The third-order valence-electron chi connectivity index (χ3n) is 4.01. The van der Waals surface area contributed by atoms with Crippen LogP contribution in [0.5, 0.6) is 5.75 Å². The zero-order chi connectivity index (χ0) is 19.9. The molecule has 0 spiro atoms. The van der Waals surface area contributed by atoms with Crippen molar-refractivity contribution >= 4 is 23.1 Å². The highest BCUT2D eigenvalue weighted by atomic mass is 19.4. The van der Waals surface area contributed by atoms with Crippen molar-refractivity contribution in [1.82, 2.24) is 19.9 Å². The molecule has 0 atom stereocenters. The molecule has 0 saturated carbocycles. The molecule has 2 aromatic heterocycles. The number of benzene rings is 1. The average molecular weight is 391 g/mol. The number of anilines is 1. The summed E-state index contributed by atoms with van der Waals surface area (Å²) in [6.07, 6.45) is -3.53. The first-order valence-corrected chi connectivity index (χ1v) is 8.07. The van der Waals surface area contributed by atoms with Crippen molar-refractivity contribution in [1.29, 1.82) is 0 Å². The quantitative estimate of drug-likeness (QED) is 0.712. The van der Waals surface area contributed by atoms with Crippen molar-refractivity contribution in [3.63, 3.8) is 0 Å². The van der Waals surface area contributed by atoms with Crippen LogP contribution >= 0.6 is 0 Å². The van der Waals surface area contributed by atoms with E-state index in [0.29, 0.717) is 27.6 Å². The highest BCUT2D eigenvalue weighted by molar-refractivity contribution is 5.95. The number of carbonyl (C=O) groups is 2. The number of fused-ring (bicyclic) bond motifs is 2. The number of alkyl halides is 3. The molecule has 0 radical (unpaired) electrons. The van der Waals surface area contributed by atoms with Crippen molar-refractivity contribution in [2.24, 2.45) is 0 Å². The Hall–Kier alpha value is -3.63. The second kappa shape index (κ2) is 6.51. The van der Waals surface area contributed by atoms with E-state index < -0.39 is 17.8 Å². The Balaban J connectivity index is 1.55. The van der Waals surface area contributed by atoms with Crippen LogP contribution in [0.25, 0.3) is 5.65 Å². The van der Waals surface area contributed by atoms with Gasteiger partial charge in [0.2, 0.25) is 0 Å². The number of nitrogens with one attached hydrogen (secondary N) is 2. The lowest BCUT2D eigenvalue weighted by Gasteiger charge is -2.18. The van der Waals surface area contributed by atoms with Gasteiger partial charge in [0, 0.05) is 18.7 Å². The predicted octanol–water partition coefficient (Wildman–Crippen LogP) is 2.01. The van der Waals surface area contributed by atoms with Gasteiger partial charge in [-0.15, -0.1) is 0 Å². The molecule has 1 aliphatic heterocycles. The number of ether oxygens (including phenoxy) is 1. The molecule has 3 aromatic rings. The number of halogens is 3. The second-order valence-corrected chi connectivity index (χ2v) is 5.98. The zero-order valence-electron chi connectivity index (χ0n) is 14.1. The Morgan fingerprint density at radius 3 is 2.89 bits per heavy atom. The molecular formula is C17H12F3N5O3. The van der Waals surface area contributed by atoms with Crippen LogP contribution in [-0.2, 0) is 17.5 Å². The van der Waals surface area contributed by atoms with E-state index in [9.17, 15) is 22.8 Å². The topological polar surface area (TPSA) is 97.6 Å². The highest BCUT2D eigenvalue weighted by Crippen LogP contribution is 2.30. The van der Waals surface area contributed by atoms with Crippen LogP contribution in [0.1, 0.15) is 21.7 Å². The van der Waals surface area contributed by atoms with E-state index in [2.05, 4.69) is 20.7 Å². The molecule has 144 valence electrons. The van der Waals surface area contributed by atoms with Gasteiger partial charge in [0.25, 0.3) is 11.8 Å². The van der Waals surface area contributed by atoms with Gasteiger partial charge >= 0.3 is 6.18 Å². The summed E-state index contributed by atoms with van der Waals surface area (Å²) in [5, 5.41) is 8.74. The lowest BCUT2D eigenvalue weighted by Crippen LogP contribution is -2.27. The van der Waals surface area contributed by atoms with Crippen molar-refractivity contribution in [2.75, 3.05) is 11.9 Å². The van der Waals surface area contributed by atoms with Crippen LogP contribution < -0.4 is 15.4 Å². The molecule has 1 aromatic carbocycles. The molecule has 8 nitrogen and oxygen atoms in total. The van der Waals surface area contributed by atoms with Crippen molar-refractivity contribution in [3.05, 3.63) is 53.5 Å². The Kier molecular flexibility index (Phi) is 4.13. The maximum absolute atomic E-state index is 13.2. The summed E-state index contributed by atoms with van der Waals surface area (Å²) in [6.45, 7) is -0.0528. The van der Waals surface area contributed by atoms with Gasteiger partial charge in [0.05, 0.1) is 11.9 Å². The minimum absolute atomic E-state index is 0.0233. The summed E-state index contributed by atoms with van der Waals surface area (Å²) < 4.78 is 45.5. The minimum Gasteiger partial charge on any atom is -0.482 e. The van der Waals surface area contributed by atoms with Crippen LogP contribution in [0.3, 0.4) is 0 Å². The molecule has 0 bridgehead atoms. The van der Waals surface area contributed by atoms with E-state index in [1.54, 1.807) is 18.2 Å². The summed E-state index contributed by atoms with van der Waals surface area (Å²) in [6, 6.07) is 6.84. The van der Waals surface area contributed by atoms with Gasteiger partial charge in [0.1, 0.15) is 11.4 Å². The number of carbonyl (C=O) groups excluding carboxylic acids is 2. The van der Waals surface area contributed by atoms with Gasteiger partial charge in [-0.05, 0) is 17.7 Å². The van der Waals surface area contributed by atoms with Crippen LogP contribution in [-0.4, -0.2) is 33.0 Å². The fourth-order valence-electron chi connectivity index (χ4n) is 2.74. The predicted molar refractivity (Wildman–Crippen MR) is 89.7 cm³/mol. The first-order valence-electron chi connectivity index (χ1n) is 8.07. The minimum atomic E-state index is -4.70. The molecule has 0 saturated heterocycles. The highest BCUT2D eigenvalue weighted by Gasteiger charge is 2.35. The SMILES string of the molecule is O=C1COc2ccc(CNC(=O)c3cc(C(F)(F)F)n4nccc4n3)cc2N1. The van der Waals surface area contributed by atoms with Gasteiger partial charge in [-0.2, -0.15) is 18.3 Å². The summed E-state index contributed by atoms with van der Waals surface area (Å²) in [5.41, 5.74) is -0.481. The Morgan fingerprint density at radius 2 is 2.11 bits per heavy atom. The molecule has 2 amide bonds. The standard InChI is InChI=1S/C17H12F3N5O3/c18-17(19,20)13-6-11(23-14-3-4-22-25(13)14)16(27)21-7-9-1-2-12-10(5-9)24-15(26)8-28-12/h1-6H,7-8H2,(H,21,27)(H,24,26). The fraction of sp³-hybridized carbons (Fsp3) is 0.176. The van der Waals surface area contributed by atoms with Gasteiger partial charge in [-0.25, -0.2) is 9.50 Å². The van der Waals surface area contributed by atoms with Gasteiger partial charge in [-0.1, -0.05) is 6.07 Å². The summed E-state index contributed by atoms with van der Waals surface area (Å²) in [7, 11) is 0. The second-order valence-electron chi connectivity index (χ2n) is 5.98. The van der Waals surface area contributed by atoms with E-state index >= 15 is 0 Å². The molecular weight excluding hydrogens is 379 g/mol. The van der Waals surface area contributed by atoms with Crippen LogP contribution in [0.4, 0.5) is 18.9 Å². The number of amides is 2. The number of rotatable bonds is 3. The van der Waals surface area contributed by atoms with Crippen molar-refractivity contribution in [2.45, 2.75) is 12.7 Å². The first kappa shape index (κ1) is 17.8. The largest absolute Gasteiger partial charge is 0.482 e. The fourth-order valence-corrected chi connectivity index (χ4v) is 2.74. The number of aromatic nitrogens is 3. The summed E-state index contributed by atoms with van der Waals surface area (Å²) >= 11 is 0. The molecule has 4 rings (SSSR count). The lowest BCUT2D eigenvalue weighted by atomic mass is 10.1. The molecule has 0 aliphatic carbocycles. The third-order valence-corrected chi connectivity index (χ3v) is 4.01. The normalized spacial score (nSPS) is 13.6. The molecule has 2 N–H and O–H groups in total. The van der Waals surface area contributed by atoms with Crippen molar-refractivity contribution in [3.8, 4) is 5.75 Å². The number of hydrogen-bond acceptors (Lipinski definition) is 5. The zero-order valence-corrected chi connectivity index (χ0v) is 14.1. The van der Waals surface area contributed by atoms with Crippen LogP contribution in [0, 0.1) is 0 Å². The maximum Gasteiger partial charge on any atom is 0.433 e. The molecule has 11 heteroatoms. The molecule has 3 heterocycles. The van der Waals surface area contributed by atoms with E-state index in [4.69, 9.17) is 4.74 Å². The van der Waals surface area contributed by atoms with E-state index in [1.807, 2.05) is 0 Å². The maximum atomic E-state index is 13.2. The molecule has 0 unspecified atom stereocenters. The summed E-state index contributed by atoms with van der Waals surface area (Å²) in [4.78, 5) is 27.6. The number of nitrogens with zero attached hydrogens (tertiary/aromatic N) is 3. The van der Waals surface area contributed by atoms with Crippen molar-refractivity contribution < 1.29 is 27.5 Å². The van der Waals surface area contributed by atoms with Crippen LogP contribution in [0.2, 0.25) is 0 Å². The Labute approximate surface area is 155 Å². The van der Waals surface area contributed by atoms with E-state index in [1.165, 1.54) is 12.3 Å². The monoisotopic (exact) mass is 391 g/mol. The third kappa shape index (κ3) is 3.33. The molecule has 1 aliphatic rings. The van der Waals surface area contributed by atoms with Gasteiger partial charge in [-0.3, -0.25) is 9.59 Å². The lowest BCUT2D eigenvalue weighted by molar-refractivity contribution is -0.142. The molecule has 0 fully saturated rings. The van der Waals surface area contributed by atoms with Gasteiger partial charge in [0.15, 0.2) is 17.9 Å². The van der Waals surface area contributed by atoms with Gasteiger partial charge < -0.3 is 15.4 Å². The first-order chi connectivity index (χ1) is 13.3. The number of hydrogen-bond donors (Lipinski definition) is 2. The van der Waals surface area contributed by atoms with Crippen LogP contribution in [0.15, 0.2) is 36.5 Å². The molecule has 28 heavy (non-hydrogen) atoms. The van der Waals surface area contributed by atoms with E-state index in [-0.39, 0.29) is 30.4 Å². The summed E-state index contributed by atoms with van der Waals surface area (Å²) in [5.74, 6) is -0.573. The Morgan fingerprint density at radius 1 is 1.29 bits per heavy atom. The van der Waals surface area contributed by atoms with E-state index in [0.717, 1.165) is 0 Å².